The van der Waals surface area contributed by atoms with E-state index in [1.165, 1.54) is 11.1 Å². The maximum atomic E-state index is 12.6. The number of ether oxygens (including phenoxy) is 2. The van der Waals surface area contributed by atoms with Gasteiger partial charge in [0.1, 0.15) is 0 Å². The van der Waals surface area contributed by atoms with Crippen LogP contribution in [0.25, 0.3) is 0 Å². The van der Waals surface area contributed by atoms with Crippen molar-refractivity contribution in [1.82, 2.24) is 10.2 Å². The summed E-state index contributed by atoms with van der Waals surface area (Å²) in [7, 11) is 3.25. The van der Waals surface area contributed by atoms with E-state index in [4.69, 9.17) is 9.47 Å². The maximum absolute atomic E-state index is 12.6. The number of nitrogens with one attached hydrogen (secondary N) is 1. The molecule has 0 aliphatic carbocycles. The van der Waals surface area contributed by atoms with Gasteiger partial charge in [-0.1, -0.05) is 30.3 Å². The van der Waals surface area contributed by atoms with E-state index >= 15 is 0 Å². The highest BCUT2D eigenvalue weighted by molar-refractivity contribution is 5.81. The second-order valence-corrected chi connectivity index (χ2v) is 6.90. The van der Waals surface area contributed by atoms with E-state index in [1.54, 1.807) is 14.2 Å². The van der Waals surface area contributed by atoms with Gasteiger partial charge < -0.3 is 14.8 Å². The zero-order valence-electron chi connectivity index (χ0n) is 16.3. The van der Waals surface area contributed by atoms with Crippen LogP contribution in [0.5, 0.6) is 11.5 Å². The molecule has 1 amide bonds. The average molecular weight is 368 g/mol. The van der Waals surface area contributed by atoms with Gasteiger partial charge in [0.05, 0.1) is 20.3 Å². The van der Waals surface area contributed by atoms with E-state index in [-0.39, 0.29) is 11.9 Å². The number of carbonyl (C=O) groups excluding carboxylic acids is 1. The third-order valence-electron chi connectivity index (χ3n) is 5.25. The van der Waals surface area contributed by atoms with Crippen molar-refractivity contribution >= 4 is 5.91 Å². The van der Waals surface area contributed by atoms with Gasteiger partial charge in [-0.2, -0.15) is 0 Å². The fourth-order valence-electron chi connectivity index (χ4n) is 3.53. The zero-order valence-corrected chi connectivity index (χ0v) is 16.3. The number of hydrogen-bond donors (Lipinski definition) is 1. The first kappa shape index (κ1) is 19.2. The minimum atomic E-state index is -0.135. The summed E-state index contributed by atoms with van der Waals surface area (Å²) in [4.78, 5) is 14.8. The lowest BCUT2D eigenvalue weighted by molar-refractivity contribution is -0.126. The molecule has 2 aromatic carbocycles. The van der Waals surface area contributed by atoms with Crippen molar-refractivity contribution in [3.05, 3.63) is 59.2 Å². The number of fused-ring (bicyclic) bond motifs is 1. The van der Waals surface area contributed by atoms with Crippen LogP contribution >= 0.6 is 0 Å². The Balaban J connectivity index is 1.51. The molecule has 5 nitrogen and oxygen atoms in total. The molecule has 144 valence electrons. The van der Waals surface area contributed by atoms with Gasteiger partial charge in [-0.15, -0.1) is 0 Å². The van der Waals surface area contributed by atoms with Crippen molar-refractivity contribution in [3.8, 4) is 11.5 Å². The minimum Gasteiger partial charge on any atom is -0.493 e. The summed E-state index contributed by atoms with van der Waals surface area (Å²) < 4.78 is 10.6. The normalized spacial score (nSPS) is 14.9. The largest absolute Gasteiger partial charge is 0.493 e. The van der Waals surface area contributed by atoms with E-state index < -0.39 is 0 Å². The van der Waals surface area contributed by atoms with E-state index in [0.29, 0.717) is 18.0 Å². The van der Waals surface area contributed by atoms with Gasteiger partial charge >= 0.3 is 0 Å². The monoisotopic (exact) mass is 368 g/mol. The highest BCUT2D eigenvalue weighted by Gasteiger charge is 2.24. The Labute approximate surface area is 161 Å². The number of hydrogen-bond acceptors (Lipinski definition) is 4. The molecule has 1 heterocycles. The van der Waals surface area contributed by atoms with Gasteiger partial charge in [-0.3, -0.25) is 9.69 Å². The van der Waals surface area contributed by atoms with Crippen LogP contribution in [0.4, 0.5) is 0 Å². The summed E-state index contributed by atoms with van der Waals surface area (Å²) in [5.74, 6) is 1.50. The minimum absolute atomic E-state index is 0.0786. The lowest BCUT2D eigenvalue weighted by Gasteiger charge is -2.32. The van der Waals surface area contributed by atoms with Crippen LogP contribution in [0.1, 0.15) is 23.6 Å². The Bertz CT molecular complexity index is 791. The second-order valence-electron chi connectivity index (χ2n) is 6.90. The quantitative estimate of drug-likeness (QED) is 0.817. The average Bonchev–Trinajstić information content (AvgIpc) is 2.72. The molecule has 0 spiro atoms. The van der Waals surface area contributed by atoms with Gasteiger partial charge in [0.25, 0.3) is 0 Å². The van der Waals surface area contributed by atoms with Crippen LogP contribution in [0, 0.1) is 0 Å². The summed E-state index contributed by atoms with van der Waals surface area (Å²) >= 11 is 0. The number of rotatable bonds is 7. The highest BCUT2D eigenvalue weighted by Crippen LogP contribution is 2.27. The molecule has 1 N–H and O–H groups in total. The van der Waals surface area contributed by atoms with Crippen molar-refractivity contribution in [2.75, 3.05) is 27.3 Å². The Morgan fingerprint density at radius 3 is 2.59 bits per heavy atom. The summed E-state index contributed by atoms with van der Waals surface area (Å²) in [6.07, 6.45) is 1.75. The van der Waals surface area contributed by atoms with Crippen LogP contribution in [-0.2, 0) is 24.2 Å². The Kier molecular flexibility index (Phi) is 6.35. The first-order valence-corrected chi connectivity index (χ1v) is 9.42. The van der Waals surface area contributed by atoms with Gasteiger partial charge in [-0.05, 0) is 48.6 Å². The molecule has 0 fully saturated rings. The molecule has 1 unspecified atom stereocenters. The fourth-order valence-corrected chi connectivity index (χ4v) is 3.53. The molecule has 1 aliphatic rings. The van der Waals surface area contributed by atoms with Gasteiger partial charge in [0.15, 0.2) is 11.5 Å². The molecule has 0 saturated carbocycles. The molecule has 0 bridgehead atoms. The lowest BCUT2D eigenvalue weighted by Crippen LogP contribution is -2.47. The molecule has 2 aromatic rings. The smallest absolute Gasteiger partial charge is 0.237 e. The Morgan fingerprint density at radius 2 is 1.85 bits per heavy atom. The van der Waals surface area contributed by atoms with E-state index in [9.17, 15) is 4.79 Å². The van der Waals surface area contributed by atoms with Crippen molar-refractivity contribution in [3.63, 3.8) is 0 Å². The molecular weight excluding hydrogens is 340 g/mol. The molecule has 0 aromatic heterocycles. The number of benzene rings is 2. The van der Waals surface area contributed by atoms with E-state index in [0.717, 1.165) is 31.5 Å². The van der Waals surface area contributed by atoms with Crippen molar-refractivity contribution in [2.45, 2.75) is 32.4 Å². The predicted octanol–water partition coefficient (Wildman–Crippen LogP) is 2.81. The molecule has 0 saturated heterocycles. The topological polar surface area (TPSA) is 50.8 Å². The fraction of sp³-hybridized carbons (Fsp3) is 0.409. The molecule has 1 atom stereocenters. The first-order valence-electron chi connectivity index (χ1n) is 9.42. The summed E-state index contributed by atoms with van der Waals surface area (Å²) in [6.45, 7) is 4.34. The molecular formula is C22H28N2O3. The summed E-state index contributed by atoms with van der Waals surface area (Å²) in [5, 5.41) is 3.07. The highest BCUT2D eigenvalue weighted by atomic mass is 16.5. The molecule has 0 radical (unpaired) electrons. The molecule has 3 rings (SSSR count). The van der Waals surface area contributed by atoms with Crippen LogP contribution in [0.15, 0.2) is 42.5 Å². The Morgan fingerprint density at radius 1 is 1.11 bits per heavy atom. The van der Waals surface area contributed by atoms with Crippen molar-refractivity contribution in [2.24, 2.45) is 0 Å². The third kappa shape index (κ3) is 4.61. The maximum Gasteiger partial charge on any atom is 0.237 e. The standard InChI is InChI=1S/C22H28N2O3/c1-16(24-13-11-18-6-4-5-7-19(18)15-24)22(25)23-12-10-17-8-9-20(26-2)21(14-17)27-3/h4-9,14,16H,10-13,15H2,1-3H3,(H,23,25). The lowest BCUT2D eigenvalue weighted by atomic mass is 9.99. The predicted molar refractivity (Wildman–Crippen MR) is 106 cm³/mol. The van der Waals surface area contributed by atoms with Crippen LogP contribution in [0.3, 0.4) is 0 Å². The van der Waals surface area contributed by atoms with Crippen LogP contribution in [0.2, 0.25) is 0 Å². The Hall–Kier alpha value is -2.53. The van der Waals surface area contributed by atoms with Crippen LogP contribution in [-0.4, -0.2) is 44.2 Å². The third-order valence-corrected chi connectivity index (χ3v) is 5.25. The first-order chi connectivity index (χ1) is 13.1. The number of nitrogens with zero attached hydrogens (tertiary/aromatic N) is 1. The van der Waals surface area contributed by atoms with Crippen LogP contribution < -0.4 is 14.8 Å². The molecule has 27 heavy (non-hydrogen) atoms. The second kappa shape index (κ2) is 8.91. The molecule has 5 heteroatoms. The van der Waals surface area contributed by atoms with Crippen molar-refractivity contribution < 1.29 is 14.3 Å². The number of methoxy groups -OCH3 is 2. The van der Waals surface area contributed by atoms with Gasteiger partial charge in [0, 0.05) is 19.6 Å². The SMILES string of the molecule is COc1ccc(CCNC(=O)C(C)N2CCc3ccccc3C2)cc1OC. The summed E-state index contributed by atoms with van der Waals surface area (Å²) in [5.41, 5.74) is 3.83. The van der Waals surface area contributed by atoms with Gasteiger partial charge in [0.2, 0.25) is 5.91 Å². The van der Waals surface area contributed by atoms with Gasteiger partial charge in [-0.25, -0.2) is 0 Å². The van der Waals surface area contributed by atoms with E-state index in [1.807, 2.05) is 25.1 Å². The zero-order chi connectivity index (χ0) is 19.2. The van der Waals surface area contributed by atoms with Crippen molar-refractivity contribution in [1.29, 1.82) is 0 Å². The summed E-state index contributed by atoms with van der Waals surface area (Å²) in [6, 6.07) is 14.2. The van der Waals surface area contributed by atoms with E-state index in [2.05, 4.69) is 34.5 Å². The number of carbonyl (C=O) groups is 1. The molecule has 1 aliphatic heterocycles. The number of amides is 1.